The number of carbonyl (C=O) groups is 2. The zero-order valence-corrected chi connectivity index (χ0v) is 23.7. The molecular formula is C30H34Cl2N2O2S. The average Bonchev–Trinajstić information content (AvgIpc) is 2.90. The van der Waals surface area contributed by atoms with Crippen molar-refractivity contribution in [2.75, 3.05) is 5.75 Å². The highest BCUT2D eigenvalue weighted by atomic mass is 35.5. The van der Waals surface area contributed by atoms with Crippen molar-refractivity contribution in [1.82, 2.24) is 10.2 Å². The van der Waals surface area contributed by atoms with E-state index in [0.29, 0.717) is 35.9 Å². The molecule has 37 heavy (non-hydrogen) atoms. The lowest BCUT2D eigenvalue weighted by molar-refractivity contribution is -0.141. The molecule has 0 saturated carbocycles. The van der Waals surface area contributed by atoms with Gasteiger partial charge in [0.1, 0.15) is 6.04 Å². The van der Waals surface area contributed by atoms with Crippen LogP contribution in [0.15, 0.2) is 83.8 Å². The Morgan fingerprint density at radius 1 is 0.919 bits per heavy atom. The molecule has 0 aliphatic rings. The molecule has 4 nitrogen and oxygen atoms in total. The summed E-state index contributed by atoms with van der Waals surface area (Å²) in [6.07, 6.45) is 2.30. The second kappa shape index (κ2) is 15.1. The fourth-order valence-electron chi connectivity index (χ4n) is 3.91. The van der Waals surface area contributed by atoms with Crippen LogP contribution in [0, 0.1) is 0 Å². The topological polar surface area (TPSA) is 49.4 Å². The maximum Gasteiger partial charge on any atom is 0.243 e. The molecule has 1 N–H and O–H groups in total. The molecule has 2 atom stereocenters. The molecule has 0 fully saturated rings. The smallest absolute Gasteiger partial charge is 0.243 e. The number of nitrogens with one attached hydrogen (secondary N) is 1. The van der Waals surface area contributed by atoms with Crippen molar-refractivity contribution in [3.05, 3.63) is 100 Å². The Hall–Kier alpha value is -2.47. The Kier molecular flexibility index (Phi) is 11.8. The molecule has 0 spiro atoms. The van der Waals surface area contributed by atoms with Crippen LogP contribution in [0.4, 0.5) is 0 Å². The van der Waals surface area contributed by atoms with Crippen LogP contribution in [0.25, 0.3) is 0 Å². The van der Waals surface area contributed by atoms with E-state index >= 15 is 0 Å². The molecule has 0 aliphatic carbocycles. The molecule has 3 rings (SSSR count). The number of hydrogen-bond donors (Lipinski definition) is 1. The van der Waals surface area contributed by atoms with Gasteiger partial charge in [-0.05, 0) is 73.0 Å². The van der Waals surface area contributed by atoms with Gasteiger partial charge in [0.15, 0.2) is 0 Å². The number of halogens is 2. The summed E-state index contributed by atoms with van der Waals surface area (Å²) in [5.74, 6) is 0.613. The molecule has 0 saturated heterocycles. The van der Waals surface area contributed by atoms with E-state index in [4.69, 9.17) is 23.2 Å². The van der Waals surface area contributed by atoms with E-state index in [0.717, 1.165) is 28.2 Å². The van der Waals surface area contributed by atoms with Gasteiger partial charge in [-0.3, -0.25) is 9.59 Å². The number of rotatable bonds is 13. The highest BCUT2D eigenvalue weighted by molar-refractivity contribution is 7.99. The van der Waals surface area contributed by atoms with Gasteiger partial charge >= 0.3 is 0 Å². The summed E-state index contributed by atoms with van der Waals surface area (Å²) < 4.78 is 0. The molecule has 0 aromatic heterocycles. The quantitative estimate of drug-likeness (QED) is 0.176. The highest BCUT2D eigenvalue weighted by Crippen LogP contribution is 2.23. The minimum atomic E-state index is -0.633. The zero-order valence-electron chi connectivity index (χ0n) is 21.3. The highest BCUT2D eigenvalue weighted by Gasteiger charge is 2.30. The van der Waals surface area contributed by atoms with Crippen LogP contribution >= 0.6 is 35.0 Å². The van der Waals surface area contributed by atoms with E-state index in [1.165, 1.54) is 0 Å². The fraction of sp³-hybridized carbons (Fsp3) is 0.333. The van der Waals surface area contributed by atoms with Gasteiger partial charge in [0.2, 0.25) is 11.8 Å². The van der Waals surface area contributed by atoms with Crippen molar-refractivity contribution >= 4 is 46.8 Å². The fourth-order valence-corrected chi connectivity index (χ4v) is 5.11. The first kappa shape index (κ1) is 29.1. The van der Waals surface area contributed by atoms with Crippen molar-refractivity contribution in [3.63, 3.8) is 0 Å². The van der Waals surface area contributed by atoms with Crippen LogP contribution in [0.2, 0.25) is 10.0 Å². The molecule has 0 unspecified atom stereocenters. The molecule has 196 valence electrons. The summed E-state index contributed by atoms with van der Waals surface area (Å²) >= 11 is 13.9. The van der Waals surface area contributed by atoms with Crippen molar-refractivity contribution < 1.29 is 9.59 Å². The minimum absolute atomic E-state index is 0.0182. The third-order valence-corrected chi connectivity index (χ3v) is 7.72. The summed E-state index contributed by atoms with van der Waals surface area (Å²) in [7, 11) is 0. The molecular weight excluding hydrogens is 523 g/mol. The first-order chi connectivity index (χ1) is 17.9. The molecule has 2 amide bonds. The molecule has 3 aromatic carbocycles. The SMILES string of the molecule is CC[C@@H](C)NC(=O)[C@H](Cc1ccccc1)N(Cc1cccc(Cl)c1)C(=O)CCCSc1ccc(Cl)cc1. The first-order valence-electron chi connectivity index (χ1n) is 12.6. The summed E-state index contributed by atoms with van der Waals surface area (Å²) in [4.78, 5) is 30.0. The molecule has 0 radical (unpaired) electrons. The van der Waals surface area contributed by atoms with Crippen LogP contribution in [0.1, 0.15) is 44.2 Å². The van der Waals surface area contributed by atoms with Crippen molar-refractivity contribution in [2.24, 2.45) is 0 Å². The second-order valence-electron chi connectivity index (χ2n) is 9.08. The Balaban J connectivity index is 1.79. The lowest BCUT2D eigenvalue weighted by Gasteiger charge is -2.32. The Morgan fingerprint density at radius 2 is 1.62 bits per heavy atom. The number of amides is 2. The van der Waals surface area contributed by atoms with Crippen molar-refractivity contribution in [1.29, 1.82) is 0 Å². The lowest BCUT2D eigenvalue weighted by atomic mass is 10.0. The van der Waals surface area contributed by atoms with E-state index in [1.807, 2.05) is 92.7 Å². The van der Waals surface area contributed by atoms with Gasteiger partial charge in [0.05, 0.1) is 0 Å². The molecule has 0 aliphatic heterocycles. The normalized spacial score (nSPS) is 12.5. The summed E-state index contributed by atoms with van der Waals surface area (Å²) in [6.45, 7) is 4.33. The Morgan fingerprint density at radius 3 is 2.30 bits per heavy atom. The number of thioether (sulfide) groups is 1. The van der Waals surface area contributed by atoms with Crippen LogP contribution in [-0.4, -0.2) is 34.6 Å². The predicted molar refractivity (Wildman–Crippen MR) is 155 cm³/mol. The van der Waals surface area contributed by atoms with Gasteiger partial charge in [0.25, 0.3) is 0 Å². The van der Waals surface area contributed by atoms with Crippen molar-refractivity contribution in [2.45, 2.75) is 63.1 Å². The van der Waals surface area contributed by atoms with E-state index in [-0.39, 0.29) is 17.9 Å². The van der Waals surface area contributed by atoms with E-state index in [2.05, 4.69) is 5.32 Å². The van der Waals surface area contributed by atoms with Crippen LogP contribution in [0.5, 0.6) is 0 Å². The first-order valence-corrected chi connectivity index (χ1v) is 14.4. The molecule has 3 aromatic rings. The number of benzene rings is 3. The Labute approximate surface area is 234 Å². The van der Waals surface area contributed by atoms with Crippen LogP contribution < -0.4 is 5.32 Å². The van der Waals surface area contributed by atoms with Crippen LogP contribution in [0.3, 0.4) is 0 Å². The van der Waals surface area contributed by atoms with E-state index in [9.17, 15) is 9.59 Å². The van der Waals surface area contributed by atoms with Gasteiger partial charge < -0.3 is 10.2 Å². The van der Waals surface area contributed by atoms with Gasteiger partial charge in [-0.1, -0.05) is 72.6 Å². The van der Waals surface area contributed by atoms with Crippen molar-refractivity contribution in [3.8, 4) is 0 Å². The maximum atomic E-state index is 13.7. The van der Waals surface area contributed by atoms with Gasteiger partial charge in [-0.15, -0.1) is 11.8 Å². The minimum Gasteiger partial charge on any atom is -0.352 e. The molecule has 0 bridgehead atoms. The summed E-state index contributed by atoms with van der Waals surface area (Å²) in [5.41, 5.74) is 1.90. The summed E-state index contributed by atoms with van der Waals surface area (Å²) in [5, 5.41) is 4.41. The lowest BCUT2D eigenvalue weighted by Crippen LogP contribution is -2.52. The summed E-state index contributed by atoms with van der Waals surface area (Å²) in [6, 6.07) is 24.4. The van der Waals surface area contributed by atoms with Gasteiger partial charge in [-0.25, -0.2) is 0 Å². The Bertz CT molecular complexity index is 1140. The maximum absolute atomic E-state index is 13.7. The number of hydrogen-bond acceptors (Lipinski definition) is 3. The number of carbonyl (C=O) groups excluding carboxylic acids is 2. The third kappa shape index (κ3) is 9.73. The third-order valence-electron chi connectivity index (χ3n) is 6.13. The molecule has 7 heteroatoms. The zero-order chi connectivity index (χ0) is 26.6. The van der Waals surface area contributed by atoms with Gasteiger partial charge in [-0.2, -0.15) is 0 Å². The second-order valence-corrected chi connectivity index (χ2v) is 11.1. The van der Waals surface area contributed by atoms with E-state index in [1.54, 1.807) is 16.7 Å². The van der Waals surface area contributed by atoms with E-state index < -0.39 is 6.04 Å². The number of nitrogens with zero attached hydrogens (tertiary/aromatic N) is 1. The monoisotopic (exact) mass is 556 g/mol. The standard InChI is InChI=1S/C30H34Cl2N2O2S/c1-3-22(2)33-30(36)28(20-23-9-5-4-6-10-23)34(21-24-11-7-12-26(32)19-24)29(35)13-8-18-37-27-16-14-25(31)15-17-27/h4-7,9-12,14-17,19,22,28H,3,8,13,18,20-21H2,1-2H3,(H,33,36)/t22-,28+/m1/s1. The largest absolute Gasteiger partial charge is 0.352 e. The molecule has 0 heterocycles. The average molecular weight is 558 g/mol. The van der Waals surface area contributed by atoms with Crippen LogP contribution in [-0.2, 0) is 22.6 Å². The predicted octanol–water partition coefficient (Wildman–Crippen LogP) is 7.42. The van der Waals surface area contributed by atoms with Gasteiger partial charge in [0, 0.05) is 40.4 Å².